The van der Waals surface area contributed by atoms with Gasteiger partial charge in [0.2, 0.25) is 0 Å². The zero-order valence-electron chi connectivity index (χ0n) is 66.7. The van der Waals surface area contributed by atoms with Crippen molar-refractivity contribution < 1.29 is 23.8 Å². The average molecular weight is 1410 g/mol. The zero-order chi connectivity index (χ0) is 74.7. The number of nitrogens with zero attached hydrogens (tertiary/aromatic N) is 6. The number of nitrogens with two attached hydrogens (primary N) is 1. The summed E-state index contributed by atoms with van der Waals surface area (Å²) in [6, 6.07) is 53.0. The van der Waals surface area contributed by atoms with Gasteiger partial charge in [-0.05, 0) is 143 Å². The second-order valence-corrected chi connectivity index (χ2v) is 29.2. The highest BCUT2D eigenvalue weighted by molar-refractivity contribution is 6.06. The normalized spacial score (nSPS) is 12.5. The van der Waals surface area contributed by atoms with E-state index in [0.717, 1.165) is 80.1 Å². The Morgan fingerprint density at radius 3 is 1.50 bits per heavy atom. The zero-order valence-corrected chi connectivity index (χ0v) is 66.7. The van der Waals surface area contributed by atoms with E-state index in [0.29, 0.717) is 30.7 Å². The number of ether oxygens (including phenoxy) is 3. The predicted octanol–water partition coefficient (Wildman–Crippen LogP) is 24.1. The lowest BCUT2D eigenvalue weighted by atomic mass is 9.93. The van der Waals surface area contributed by atoms with E-state index in [1.807, 2.05) is 87.5 Å². The van der Waals surface area contributed by atoms with Crippen molar-refractivity contribution in [1.82, 2.24) is 19.4 Å². The van der Waals surface area contributed by atoms with E-state index in [1.54, 1.807) is 0 Å². The molecule has 1 fully saturated rings. The lowest BCUT2D eigenvalue weighted by Crippen LogP contribution is -2.38. The third-order valence-electron chi connectivity index (χ3n) is 18.5. The second kappa shape index (κ2) is 53.6. The Morgan fingerprint density at radius 2 is 0.990 bits per heavy atom. The van der Waals surface area contributed by atoms with Crippen molar-refractivity contribution in [2.24, 2.45) is 4.99 Å². The molecule has 6 aromatic carbocycles. The molecule has 0 aliphatic carbocycles. The second-order valence-electron chi connectivity index (χ2n) is 29.2. The lowest BCUT2D eigenvalue weighted by Gasteiger charge is -2.26. The molecule has 2 N–H and O–H groups in total. The Bertz CT molecular complexity index is 3260. The smallest absolute Gasteiger partial charge is 0.420 e. The number of carbonyl (C=O) groups is 2. The molecule has 0 radical (unpaired) electrons. The van der Waals surface area contributed by atoms with E-state index < -0.39 is 11.7 Å². The van der Waals surface area contributed by atoms with Crippen LogP contribution in [0.2, 0.25) is 0 Å². The quantitative estimate of drug-likeness (QED) is 0.0230. The minimum absolute atomic E-state index is 0.0313. The molecule has 9 rings (SSSR count). The molecule has 103 heavy (non-hydrogen) atoms. The number of hydrogen-bond donors (Lipinski definition) is 1. The van der Waals surface area contributed by atoms with Crippen molar-refractivity contribution in [3.63, 3.8) is 0 Å². The van der Waals surface area contributed by atoms with Gasteiger partial charge in [-0.1, -0.05) is 299 Å². The molecule has 0 spiro atoms. The number of morpholine rings is 1. The molecule has 2 aliphatic heterocycles. The Hall–Kier alpha value is -7.12. The van der Waals surface area contributed by atoms with Gasteiger partial charge in [0.1, 0.15) is 12.2 Å². The summed E-state index contributed by atoms with van der Waals surface area (Å²) in [6.45, 7) is 39.2. The Labute approximate surface area is 626 Å². The molecular weight excluding hydrogens is 1270 g/mol. The molecule has 3 heterocycles. The first-order valence-electron chi connectivity index (χ1n) is 40.3. The highest BCUT2D eigenvalue weighted by Gasteiger charge is 2.24. The predicted molar refractivity (Wildman–Crippen MR) is 442 cm³/mol. The summed E-state index contributed by atoms with van der Waals surface area (Å²) in [7, 11) is 0. The molecule has 12 nitrogen and oxygen atoms in total. The largest absolute Gasteiger partial charge is 0.464 e. The molecule has 12 heteroatoms. The number of unbranched alkanes of at least 4 members (excludes halogenated alkanes) is 16. The minimum Gasteiger partial charge on any atom is -0.464 e. The van der Waals surface area contributed by atoms with Crippen molar-refractivity contribution in [2.45, 2.75) is 262 Å². The topological polar surface area (TPSA) is 128 Å². The van der Waals surface area contributed by atoms with Crippen LogP contribution in [-0.4, -0.2) is 115 Å². The van der Waals surface area contributed by atoms with Crippen LogP contribution in [0.15, 0.2) is 163 Å². The third kappa shape index (κ3) is 36.4. The van der Waals surface area contributed by atoms with Crippen molar-refractivity contribution >= 4 is 45.9 Å². The molecular formula is C91H139N7O5. The van der Waals surface area contributed by atoms with E-state index in [1.165, 1.54) is 199 Å². The number of rotatable bonds is 36. The number of fused-ring (bicyclic) bond motifs is 2. The number of nitrogen functional groups attached to an aromatic ring is 1. The first-order chi connectivity index (χ1) is 50.0. The van der Waals surface area contributed by atoms with E-state index in [4.69, 9.17) is 19.9 Å². The standard InChI is InChI=1S/C18H18N2O2.C18H35NO3.C15H33N.C14H11N.C14H23N.C12H19N/c1-18(2,3)22-17(21)20-15-12-8-7-11-14(15)19-16(20)13-9-5-4-6-10-13;1-2-3-4-5-6-7-8-9-10-11-18(20)22-17-14-19-12-15-21-16-13-19;1-4-7-10-13-16(14-11-8-5-2)15-12-9-6-3;1-2-6-11(7-3-1)14-10-12-8-4-5-9-13(12)15-14;1-3-5-12-15(13-6-4-2)14-10-8-7-9-11-14;1-8(2)10-6-5-7-11(9(3)4)12(10)13/h4-12H,1-3H3;2-17H2,1H3;4-15H2,1-3H3;1-9H,10H2;7-11H,3-6,12-13H2,1-2H3;5-9H,13H2,1-4H3. The summed E-state index contributed by atoms with van der Waals surface area (Å²) in [6.07, 6.45) is 30.2. The fourth-order valence-electron chi connectivity index (χ4n) is 12.4. The molecule has 1 aromatic heterocycles. The summed E-state index contributed by atoms with van der Waals surface area (Å²) in [5.74, 6) is 1.59. The number of aromatic nitrogens is 2. The van der Waals surface area contributed by atoms with Gasteiger partial charge in [-0.2, -0.15) is 0 Å². The molecule has 2 aliphatic rings. The van der Waals surface area contributed by atoms with Gasteiger partial charge in [0.25, 0.3) is 0 Å². The first kappa shape index (κ1) is 88.3. The highest BCUT2D eigenvalue weighted by Crippen LogP contribution is 2.31. The number of esters is 1. The number of anilines is 2. The number of aliphatic imine (C=N–C) groups is 1. The van der Waals surface area contributed by atoms with Crippen molar-refractivity contribution in [1.29, 1.82) is 0 Å². The van der Waals surface area contributed by atoms with Crippen LogP contribution in [0, 0.1) is 0 Å². The fourth-order valence-corrected chi connectivity index (χ4v) is 12.4. The van der Waals surface area contributed by atoms with Gasteiger partial charge in [-0.25, -0.2) is 14.3 Å². The van der Waals surface area contributed by atoms with Crippen molar-refractivity contribution in [3.8, 4) is 11.4 Å². The van der Waals surface area contributed by atoms with Gasteiger partial charge in [0.15, 0.2) is 5.82 Å². The summed E-state index contributed by atoms with van der Waals surface area (Å²) in [5.41, 5.74) is 17.7. The van der Waals surface area contributed by atoms with Crippen molar-refractivity contribution in [3.05, 3.63) is 180 Å². The van der Waals surface area contributed by atoms with Gasteiger partial charge in [-0.15, -0.1) is 0 Å². The number of carbonyl (C=O) groups excluding carboxylic acids is 2. The van der Waals surface area contributed by atoms with Crippen LogP contribution >= 0.6 is 0 Å². The maximum atomic E-state index is 12.6. The van der Waals surface area contributed by atoms with Gasteiger partial charge < -0.3 is 29.7 Å². The molecule has 0 amide bonds. The molecule has 568 valence electrons. The van der Waals surface area contributed by atoms with Crippen LogP contribution in [0.25, 0.3) is 22.4 Å². The number of para-hydroxylation sites is 5. The Kier molecular flexibility index (Phi) is 46.0. The SMILES string of the molecule is CC(C)(C)OC(=O)n1c(-c2ccccc2)nc2ccccc21.CC(C)c1cccc(C(C)C)c1N.CCCCCCCCCCCC(=O)OCCN1CCOCC1.CCCCCN(CCCCC)CCCCC.CCCCN(CCCC)c1ccccc1.c1ccc(C2=Nc3ccccc3C2)cc1. The molecule has 0 bridgehead atoms. The lowest BCUT2D eigenvalue weighted by molar-refractivity contribution is -0.144. The Morgan fingerprint density at radius 1 is 0.524 bits per heavy atom. The van der Waals surface area contributed by atoms with Gasteiger partial charge >= 0.3 is 12.1 Å². The van der Waals surface area contributed by atoms with E-state index in [9.17, 15) is 9.59 Å². The minimum atomic E-state index is -0.559. The molecule has 1 saturated heterocycles. The monoisotopic (exact) mass is 1410 g/mol. The van der Waals surface area contributed by atoms with Crippen LogP contribution in [0.1, 0.15) is 272 Å². The van der Waals surface area contributed by atoms with E-state index in [2.05, 4.69) is 185 Å². The maximum Gasteiger partial charge on any atom is 0.420 e. The van der Waals surface area contributed by atoms with Crippen molar-refractivity contribution in [2.75, 3.05) is 82.8 Å². The van der Waals surface area contributed by atoms with E-state index >= 15 is 0 Å². The van der Waals surface area contributed by atoms with E-state index in [-0.39, 0.29) is 5.97 Å². The number of benzene rings is 6. The van der Waals surface area contributed by atoms with Gasteiger partial charge in [-0.3, -0.25) is 14.7 Å². The van der Waals surface area contributed by atoms with Gasteiger partial charge in [0, 0.05) is 62.5 Å². The Balaban J connectivity index is 0.000000265. The molecule has 7 aromatic rings. The average Bonchev–Trinajstić information content (AvgIpc) is 1.63. The summed E-state index contributed by atoms with van der Waals surface area (Å²) < 4.78 is 17.7. The van der Waals surface area contributed by atoms with Gasteiger partial charge in [0.05, 0.1) is 35.6 Å². The summed E-state index contributed by atoms with van der Waals surface area (Å²) in [4.78, 5) is 41.0. The van der Waals surface area contributed by atoms with Crippen LogP contribution in [0.5, 0.6) is 0 Å². The third-order valence-corrected chi connectivity index (χ3v) is 18.5. The summed E-state index contributed by atoms with van der Waals surface area (Å²) >= 11 is 0. The number of imidazole rings is 1. The molecule has 0 atom stereocenters. The number of hydrogen-bond acceptors (Lipinski definition) is 11. The van der Waals surface area contributed by atoms with Crippen LogP contribution in [0.3, 0.4) is 0 Å². The highest BCUT2D eigenvalue weighted by atomic mass is 16.6. The molecule has 0 unspecified atom stereocenters. The maximum absolute atomic E-state index is 12.6. The fraction of sp³-hybridized carbons (Fsp3) is 0.560. The van der Waals surface area contributed by atoms with Crippen LogP contribution in [0.4, 0.5) is 21.9 Å². The van der Waals surface area contributed by atoms with Crippen LogP contribution in [-0.2, 0) is 25.4 Å². The summed E-state index contributed by atoms with van der Waals surface area (Å²) in [5, 5.41) is 0. The molecule has 0 saturated carbocycles. The first-order valence-corrected chi connectivity index (χ1v) is 40.3. The van der Waals surface area contributed by atoms with Crippen LogP contribution < -0.4 is 10.6 Å².